The summed E-state index contributed by atoms with van der Waals surface area (Å²) in [5.41, 5.74) is 6.84. The molecule has 0 atom stereocenters. The second-order valence-corrected chi connectivity index (χ2v) is 4.12. The van der Waals surface area contributed by atoms with Gasteiger partial charge in [-0.05, 0) is 19.1 Å². The van der Waals surface area contributed by atoms with Crippen molar-refractivity contribution >= 4 is 11.8 Å². The van der Waals surface area contributed by atoms with Crippen LogP contribution in [0.4, 0.5) is 5.82 Å². The molecule has 1 aromatic heterocycles. The highest BCUT2D eigenvalue weighted by Gasteiger charge is 2.17. The van der Waals surface area contributed by atoms with Crippen LogP contribution in [0.2, 0.25) is 0 Å². The van der Waals surface area contributed by atoms with Crippen molar-refractivity contribution in [2.75, 3.05) is 26.6 Å². The van der Waals surface area contributed by atoms with E-state index in [4.69, 9.17) is 19.9 Å². The fourth-order valence-corrected chi connectivity index (χ4v) is 1.89. The van der Waals surface area contributed by atoms with Crippen LogP contribution in [0, 0.1) is 0 Å². The molecule has 0 aliphatic rings. The summed E-state index contributed by atoms with van der Waals surface area (Å²) in [7, 11) is 3.09. The van der Waals surface area contributed by atoms with Gasteiger partial charge in [0.05, 0.1) is 32.7 Å². The molecule has 0 aliphatic heterocycles. The van der Waals surface area contributed by atoms with Gasteiger partial charge in [0.15, 0.2) is 11.5 Å². The topological polar surface area (TPSA) is 88.6 Å². The van der Waals surface area contributed by atoms with Crippen LogP contribution in [0.15, 0.2) is 24.4 Å². The number of aromatic nitrogens is 2. The number of hydrogen-bond acceptors (Lipinski definition) is 6. The Hall–Kier alpha value is -2.70. The Balaban J connectivity index is 2.41. The Kier molecular flexibility index (Phi) is 4.32. The minimum Gasteiger partial charge on any atom is -0.493 e. The first kappa shape index (κ1) is 14.7. The number of esters is 1. The summed E-state index contributed by atoms with van der Waals surface area (Å²) in [5.74, 6) is 0.850. The van der Waals surface area contributed by atoms with Crippen LogP contribution in [-0.4, -0.2) is 36.6 Å². The van der Waals surface area contributed by atoms with Crippen LogP contribution >= 0.6 is 0 Å². The summed E-state index contributed by atoms with van der Waals surface area (Å²) >= 11 is 0. The van der Waals surface area contributed by atoms with Gasteiger partial charge in [-0.2, -0.15) is 5.10 Å². The van der Waals surface area contributed by atoms with E-state index in [0.717, 1.165) is 0 Å². The van der Waals surface area contributed by atoms with E-state index in [1.54, 1.807) is 32.2 Å². The number of hydrogen-bond donors (Lipinski definition) is 1. The molecule has 21 heavy (non-hydrogen) atoms. The number of nitrogen functional groups attached to an aromatic ring is 1. The number of nitrogens with two attached hydrogens (primary N) is 1. The highest BCUT2D eigenvalue weighted by atomic mass is 16.5. The monoisotopic (exact) mass is 291 g/mol. The van der Waals surface area contributed by atoms with E-state index in [2.05, 4.69) is 5.10 Å². The molecular formula is C14H17N3O4. The predicted octanol–water partition coefficient (Wildman–Crippen LogP) is 1.65. The summed E-state index contributed by atoms with van der Waals surface area (Å²) in [4.78, 5) is 11.7. The van der Waals surface area contributed by atoms with Crippen LogP contribution in [-0.2, 0) is 4.74 Å². The van der Waals surface area contributed by atoms with E-state index in [1.165, 1.54) is 18.0 Å². The predicted molar refractivity (Wildman–Crippen MR) is 77.0 cm³/mol. The lowest BCUT2D eigenvalue weighted by Gasteiger charge is -2.10. The van der Waals surface area contributed by atoms with E-state index in [-0.39, 0.29) is 18.0 Å². The zero-order chi connectivity index (χ0) is 15.4. The van der Waals surface area contributed by atoms with Crippen molar-refractivity contribution < 1.29 is 19.0 Å². The largest absolute Gasteiger partial charge is 0.493 e. The minimum atomic E-state index is -0.498. The third-order valence-electron chi connectivity index (χ3n) is 2.91. The molecule has 0 spiro atoms. The van der Waals surface area contributed by atoms with E-state index in [1.807, 2.05) is 0 Å². The highest BCUT2D eigenvalue weighted by Crippen LogP contribution is 2.30. The van der Waals surface area contributed by atoms with Gasteiger partial charge in [0.2, 0.25) is 0 Å². The van der Waals surface area contributed by atoms with Crippen LogP contribution < -0.4 is 15.2 Å². The quantitative estimate of drug-likeness (QED) is 0.843. The molecule has 7 heteroatoms. The van der Waals surface area contributed by atoms with Gasteiger partial charge in [-0.1, -0.05) is 0 Å². The van der Waals surface area contributed by atoms with Gasteiger partial charge in [-0.15, -0.1) is 0 Å². The lowest BCUT2D eigenvalue weighted by Crippen LogP contribution is -2.09. The van der Waals surface area contributed by atoms with Crippen molar-refractivity contribution in [1.29, 1.82) is 0 Å². The van der Waals surface area contributed by atoms with E-state index < -0.39 is 5.97 Å². The van der Waals surface area contributed by atoms with Gasteiger partial charge in [-0.3, -0.25) is 0 Å². The van der Waals surface area contributed by atoms with E-state index in [9.17, 15) is 4.79 Å². The molecule has 2 aromatic rings. The standard InChI is InChI=1S/C14H17N3O4/c1-4-21-14(18)10-8-16-17(13(10)15)9-5-6-11(19-2)12(7-9)20-3/h5-8H,4,15H2,1-3H3. The van der Waals surface area contributed by atoms with Gasteiger partial charge in [0, 0.05) is 6.07 Å². The SMILES string of the molecule is CCOC(=O)c1cnn(-c2ccc(OC)c(OC)c2)c1N. The van der Waals surface area contributed by atoms with Gasteiger partial charge in [0.1, 0.15) is 11.4 Å². The fraction of sp³-hybridized carbons (Fsp3) is 0.286. The second-order valence-electron chi connectivity index (χ2n) is 4.12. The van der Waals surface area contributed by atoms with Crippen LogP contribution in [0.3, 0.4) is 0 Å². The molecular weight excluding hydrogens is 274 g/mol. The summed E-state index contributed by atoms with van der Waals surface area (Å²) in [6, 6.07) is 5.22. The zero-order valence-corrected chi connectivity index (χ0v) is 12.1. The number of nitrogens with zero attached hydrogens (tertiary/aromatic N) is 2. The zero-order valence-electron chi connectivity index (χ0n) is 12.1. The number of carbonyl (C=O) groups is 1. The summed E-state index contributed by atoms with van der Waals surface area (Å²) in [6.07, 6.45) is 1.38. The summed E-state index contributed by atoms with van der Waals surface area (Å²) in [5, 5.41) is 4.11. The first-order valence-corrected chi connectivity index (χ1v) is 6.35. The summed E-state index contributed by atoms with van der Waals surface area (Å²) in [6.45, 7) is 2.01. The molecule has 7 nitrogen and oxygen atoms in total. The lowest BCUT2D eigenvalue weighted by atomic mass is 10.2. The molecule has 0 bridgehead atoms. The first-order chi connectivity index (χ1) is 10.1. The Labute approximate surface area is 122 Å². The normalized spacial score (nSPS) is 10.2. The molecule has 112 valence electrons. The Bertz CT molecular complexity index is 652. The number of methoxy groups -OCH3 is 2. The van der Waals surface area contributed by atoms with Crippen molar-refractivity contribution in [3.05, 3.63) is 30.0 Å². The number of anilines is 1. The van der Waals surface area contributed by atoms with Crippen molar-refractivity contribution in [1.82, 2.24) is 9.78 Å². The number of benzene rings is 1. The Morgan fingerprint density at radius 2 is 2.00 bits per heavy atom. The maximum atomic E-state index is 11.7. The molecule has 0 saturated heterocycles. The third-order valence-corrected chi connectivity index (χ3v) is 2.91. The molecule has 0 saturated carbocycles. The van der Waals surface area contributed by atoms with Gasteiger partial charge >= 0.3 is 5.97 Å². The van der Waals surface area contributed by atoms with E-state index in [0.29, 0.717) is 17.2 Å². The number of rotatable bonds is 5. The first-order valence-electron chi connectivity index (χ1n) is 6.35. The Morgan fingerprint density at radius 3 is 2.62 bits per heavy atom. The van der Waals surface area contributed by atoms with E-state index >= 15 is 0 Å². The molecule has 0 amide bonds. The van der Waals surface area contributed by atoms with Gasteiger partial charge < -0.3 is 19.9 Å². The van der Waals surface area contributed by atoms with Crippen molar-refractivity contribution in [2.45, 2.75) is 6.92 Å². The smallest absolute Gasteiger partial charge is 0.343 e. The average molecular weight is 291 g/mol. The maximum absolute atomic E-state index is 11.7. The number of ether oxygens (including phenoxy) is 3. The van der Waals surface area contributed by atoms with Crippen molar-refractivity contribution in [2.24, 2.45) is 0 Å². The average Bonchev–Trinajstić information content (AvgIpc) is 2.88. The van der Waals surface area contributed by atoms with Crippen molar-refractivity contribution in [3.63, 3.8) is 0 Å². The molecule has 1 aromatic carbocycles. The van der Waals surface area contributed by atoms with Gasteiger partial charge in [-0.25, -0.2) is 9.48 Å². The highest BCUT2D eigenvalue weighted by molar-refractivity contribution is 5.94. The molecule has 1 heterocycles. The van der Waals surface area contributed by atoms with Crippen molar-refractivity contribution in [3.8, 4) is 17.2 Å². The molecule has 2 rings (SSSR count). The van der Waals surface area contributed by atoms with Gasteiger partial charge in [0.25, 0.3) is 0 Å². The molecule has 0 radical (unpaired) electrons. The van der Waals surface area contributed by atoms with Crippen LogP contribution in [0.1, 0.15) is 17.3 Å². The molecule has 0 fully saturated rings. The maximum Gasteiger partial charge on any atom is 0.343 e. The second kappa shape index (κ2) is 6.17. The lowest BCUT2D eigenvalue weighted by molar-refractivity contribution is 0.0527. The summed E-state index contributed by atoms with van der Waals surface area (Å²) < 4.78 is 16.8. The molecule has 2 N–H and O–H groups in total. The number of carbonyl (C=O) groups excluding carboxylic acids is 1. The minimum absolute atomic E-state index is 0.209. The molecule has 0 aliphatic carbocycles. The molecule has 0 unspecified atom stereocenters. The Morgan fingerprint density at radius 1 is 1.29 bits per heavy atom. The third kappa shape index (κ3) is 2.76. The fourth-order valence-electron chi connectivity index (χ4n) is 1.89. The van der Waals surface area contributed by atoms with Crippen LogP contribution in [0.5, 0.6) is 11.5 Å². The van der Waals surface area contributed by atoms with Crippen LogP contribution in [0.25, 0.3) is 5.69 Å².